The van der Waals surface area contributed by atoms with Gasteiger partial charge in [0.15, 0.2) is 5.75 Å². The summed E-state index contributed by atoms with van der Waals surface area (Å²) in [6.07, 6.45) is -0.336. The maximum Gasteiger partial charge on any atom is 0.410 e. The average Bonchev–Trinajstić information content (AvgIpc) is 2.68. The molecule has 0 saturated carbocycles. The van der Waals surface area contributed by atoms with E-state index in [2.05, 4.69) is 25.8 Å². The van der Waals surface area contributed by atoms with Crippen molar-refractivity contribution in [1.82, 2.24) is 14.5 Å². The van der Waals surface area contributed by atoms with Gasteiger partial charge in [0.1, 0.15) is 23.5 Å². The van der Waals surface area contributed by atoms with Crippen molar-refractivity contribution in [2.45, 2.75) is 58.8 Å². The molecule has 8 nitrogen and oxygen atoms in total. The fraction of sp³-hybridized carbons (Fsp3) is 0.571. The first-order chi connectivity index (χ1) is 14.5. The predicted octanol–water partition coefficient (Wildman–Crippen LogP) is 4.04. The van der Waals surface area contributed by atoms with Crippen LogP contribution in [0.15, 0.2) is 15.3 Å². The van der Waals surface area contributed by atoms with Crippen LogP contribution in [0.2, 0.25) is 5.02 Å². The minimum atomic E-state index is -0.562. The first-order valence-electron chi connectivity index (χ1n) is 10.3. The highest BCUT2D eigenvalue weighted by Gasteiger charge is 2.36. The van der Waals surface area contributed by atoms with Crippen LogP contribution in [0.4, 0.5) is 10.6 Å². The molecule has 2 atom stereocenters. The monoisotopic (exact) mass is 512 g/mol. The molecule has 4 rings (SSSR count). The van der Waals surface area contributed by atoms with E-state index < -0.39 is 5.60 Å². The lowest BCUT2D eigenvalue weighted by molar-refractivity contribution is 0.0130. The summed E-state index contributed by atoms with van der Waals surface area (Å²) in [5.41, 5.74) is -0.198. The van der Waals surface area contributed by atoms with E-state index in [1.807, 2.05) is 40.7 Å². The van der Waals surface area contributed by atoms with E-state index in [4.69, 9.17) is 21.1 Å². The van der Waals surface area contributed by atoms with Crippen molar-refractivity contribution in [3.63, 3.8) is 0 Å². The summed E-state index contributed by atoms with van der Waals surface area (Å²) in [7, 11) is 0. The third kappa shape index (κ3) is 3.98. The van der Waals surface area contributed by atoms with Gasteiger partial charge in [0, 0.05) is 30.6 Å². The minimum Gasteiger partial charge on any atom is -0.488 e. The zero-order valence-electron chi connectivity index (χ0n) is 18.2. The van der Waals surface area contributed by atoms with Crippen LogP contribution < -0.4 is 15.3 Å². The van der Waals surface area contributed by atoms with E-state index in [1.165, 1.54) is 0 Å². The molecule has 0 aliphatic carbocycles. The molecular weight excluding hydrogens is 488 g/mol. The average molecular weight is 514 g/mol. The molecule has 3 heterocycles. The van der Waals surface area contributed by atoms with Crippen molar-refractivity contribution >= 4 is 50.3 Å². The minimum absolute atomic E-state index is 0.0793. The number of carbonyl (C=O) groups is 1. The number of benzene rings is 1. The van der Waals surface area contributed by atoms with E-state index in [-0.39, 0.29) is 23.9 Å². The molecule has 1 saturated heterocycles. The van der Waals surface area contributed by atoms with Gasteiger partial charge in [0.05, 0.1) is 16.0 Å². The van der Waals surface area contributed by atoms with Gasteiger partial charge >= 0.3 is 11.8 Å². The molecule has 10 heteroatoms. The van der Waals surface area contributed by atoms with Gasteiger partial charge in [-0.25, -0.2) is 9.59 Å². The van der Waals surface area contributed by atoms with Crippen LogP contribution in [0.3, 0.4) is 0 Å². The number of halogens is 2. The Morgan fingerprint density at radius 2 is 2.00 bits per heavy atom. The van der Waals surface area contributed by atoms with Crippen LogP contribution in [0, 0.1) is 0 Å². The molecular formula is C21H26BrClN4O4. The molecule has 1 fully saturated rings. The Labute approximate surface area is 194 Å². The van der Waals surface area contributed by atoms with Gasteiger partial charge in [-0.3, -0.25) is 4.57 Å². The molecule has 2 aliphatic rings. The molecule has 0 spiro atoms. The zero-order chi connectivity index (χ0) is 22.7. The Hall–Kier alpha value is -2.00. The Balaban J connectivity index is 1.75. The summed E-state index contributed by atoms with van der Waals surface area (Å²) in [4.78, 5) is 33.8. The lowest BCUT2D eigenvalue weighted by Crippen LogP contribution is -2.59. The maximum atomic E-state index is 12.9. The Kier molecular flexibility index (Phi) is 5.62. The van der Waals surface area contributed by atoms with Crippen molar-refractivity contribution in [1.29, 1.82) is 0 Å². The molecule has 0 N–H and O–H groups in total. The first kappa shape index (κ1) is 22.2. The second-order valence-electron chi connectivity index (χ2n) is 9.10. The molecule has 1 aromatic carbocycles. The van der Waals surface area contributed by atoms with Gasteiger partial charge in [-0.05, 0) is 56.6 Å². The second-order valence-corrected chi connectivity index (χ2v) is 10.3. The molecule has 2 aromatic rings. The van der Waals surface area contributed by atoms with Crippen molar-refractivity contribution in [2.75, 3.05) is 24.6 Å². The number of hydrogen-bond donors (Lipinski definition) is 0. The van der Waals surface area contributed by atoms with E-state index in [0.717, 1.165) is 5.39 Å². The zero-order valence-corrected chi connectivity index (χ0v) is 20.6. The summed E-state index contributed by atoms with van der Waals surface area (Å²) in [5.74, 6) is 1.11. The number of hydrogen-bond acceptors (Lipinski definition) is 6. The molecule has 168 valence electrons. The van der Waals surface area contributed by atoms with Crippen LogP contribution >= 0.6 is 27.5 Å². The highest BCUT2D eigenvalue weighted by atomic mass is 79.9. The van der Waals surface area contributed by atoms with Gasteiger partial charge in [-0.1, -0.05) is 11.6 Å². The SMILES string of the molecule is CC1CN(C(=O)OC(C)(C)C)[C@H](C)CN1c1nc(=O)n2c3c(c(Br)c(Cl)cc13)OCC2. The molecule has 1 aromatic heterocycles. The van der Waals surface area contributed by atoms with Crippen molar-refractivity contribution < 1.29 is 14.3 Å². The number of piperazine rings is 1. The van der Waals surface area contributed by atoms with E-state index in [1.54, 1.807) is 9.47 Å². The topological polar surface area (TPSA) is 76.9 Å². The van der Waals surface area contributed by atoms with Gasteiger partial charge in [0.25, 0.3) is 0 Å². The third-order valence-electron chi connectivity index (χ3n) is 5.54. The van der Waals surface area contributed by atoms with Crippen LogP contribution in [0.1, 0.15) is 34.6 Å². The molecule has 1 unspecified atom stereocenters. The first-order valence-corrected chi connectivity index (χ1v) is 11.5. The molecule has 2 aliphatic heterocycles. The Morgan fingerprint density at radius 1 is 1.29 bits per heavy atom. The van der Waals surface area contributed by atoms with Crippen molar-refractivity contribution in [3.8, 4) is 5.75 Å². The van der Waals surface area contributed by atoms with Gasteiger partial charge in [-0.15, -0.1) is 0 Å². The smallest absolute Gasteiger partial charge is 0.410 e. The predicted molar refractivity (Wildman–Crippen MR) is 123 cm³/mol. The summed E-state index contributed by atoms with van der Waals surface area (Å²) < 4.78 is 13.7. The number of rotatable bonds is 1. The summed E-state index contributed by atoms with van der Waals surface area (Å²) in [5, 5.41) is 1.25. The normalized spacial score (nSPS) is 21.3. The standard InChI is InChI=1S/C21H26BrClN4O4/c1-11-10-27(20(29)31-21(3,4)5)12(2)9-26(11)18-13-8-14(23)15(22)17-16(13)25(6-7-30-17)19(28)24-18/h8,11-12H,6-7,9-10H2,1-5H3/t11?,12-/m1/s1. The fourth-order valence-electron chi connectivity index (χ4n) is 4.13. The fourth-order valence-corrected chi connectivity index (χ4v) is 4.74. The highest BCUT2D eigenvalue weighted by Crippen LogP contribution is 2.43. The lowest BCUT2D eigenvalue weighted by Gasteiger charge is -2.45. The summed E-state index contributed by atoms with van der Waals surface area (Å²) in [6.45, 7) is 11.3. The largest absolute Gasteiger partial charge is 0.488 e. The second kappa shape index (κ2) is 7.85. The van der Waals surface area contributed by atoms with Crippen LogP contribution in [-0.2, 0) is 11.3 Å². The number of carbonyl (C=O) groups excluding carboxylic acids is 1. The lowest BCUT2D eigenvalue weighted by atomic mass is 10.1. The summed E-state index contributed by atoms with van der Waals surface area (Å²) >= 11 is 9.94. The highest BCUT2D eigenvalue weighted by molar-refractivity contribution is 9.10. The van der Waals surface area contributed by atoms with E-state index in [0.29, 0.717) is 52.8 Å². The van der Waals surface area contributed by atoms with Crippen LogP contribution in [0.5, 0.6) is 5.75 Å². The Bertz CT molecular complexity index is 1110. The Morgan fingerprint density at radius 3 is 2.68 bits per heavy atom. The third-order valence-corrected chi connectivity index (χ3v) is 6.85. The van der Waals surface area contributed by atoms with Crippen molar-refractivity contribution in [2.24, 2.45) is 0 Å². The number of ether oxygens (including phenoxy) is 2. The van der Waals surface area contributed by atoms with Crippen molar-refractivity contribution in [3.05, 3.63) is 26.0 Å². The number of aromatic nitrogens is 2. The van der Waals surface area contributed by atoms with Crippen LogP contribution in [-0.4, -0.2) is 57.9 Å². The van der Waals surface area contributed by atoms with Gasteiger partial charge in [-0.2, -0.15) is 4.98 Å². The molecule has 31 heavy (non-hydrogen) atoms. The van der Waals surface area contributed by atoms with E-state index >= 15 is 0 Å². The molecule has 0 bridgehead atoms. The number of amides is 1. The van der Waals surface area contributed by atoms with Crippen LogP contribution in [0.25, 0.3) is 10.9 Å². The van der Waals surface area contributed by atoms with Gasteiger partial charge in [0.2, 0.25) is 0 Å². The number of nitrogens with zero attached hydrogens (tertiary/aromatic N) is 4. The maximum absolute atomic E-state index is 12.9. The van der Waals surface area contributed by atoms with Gasteiger partial charge < -0.3 is 19.3 Å². The summed E-state index contributed by atoms with van der Waals surface area (Å²) in [6, 6.07) is 1.61. The molecule has 0 radical (unpaired) electrons. The molecule has 1 amide bonds. The quantitative estimate of drug-likeness (QED) is 0.573. The van der Waals surface area contributed by atoms with E-state index in [9.17, 15) is 9.59 Å². The number of anilines is 1.